The van der Waals surface area contributed by atoms with E-state index in [0.717, 1.165) is 5.56 Å². The summed E-state index contributed by atoms with van der Waals surface area (Å²) < 4.78 is 74.1. The third-order valence-corrected chi connectivity index (χ3v) is 3.06. The minimum atomic E-state index is -4.61. The number of halogens is 5. The van der Waals surface area contributed by atoms with Gasteiger partial charge in [0.05, 0.1) is 13.7 Å². The van der Waals surface area contributed by atoms with E-state index in [2.05, 4.69) is 4.74 Å². The third-order valence-electron chi connectivity index (χ3n) is 3.06. The molecule has 0 amide bonds. The molecular formula is C13H11F5O2. The first-order chi connectivity index (χ1) is 9.24. The van der Waals surface area contributed by atoms with Gasteiger partial charge in [0.1, 0.15) is 5.75 Å². The van der Waals surface area contributed by atoms with Gasteiger partial charge < -0.3 is 9.47 Å². The maximum Gasteiger partial charge on any atom is 0.365 e. The van der Waals surface area contributed by atoms with E-state index in [1.54, 1.807) is 13.0 Å². The molecule has 110 valence electrons. The Morgan fingerprint density at radius 3 is 2.30 bits per heavy atom. The highest BCUT2D eigenvalue weighted by atomic mass is 19.3. The van der Waals surface area contributed by atoms with Crippen molar-refractivity contribution in [2.75, 3.05) is 7.11 Å². The van der Waals surface area contributed by atoms with Crippen LogP contribution in [0.15, 0.2) is 29.9 Å². The molecule has 2 nitrogen and oxygen atoms in total. The molecule has 0 spiro atoms. The van der Waals surface area contributed by atoms with Gasteiger partial charge in [-0.15, -0.1) is 0 Å². The van der Waals surface area contributed by atoms with Crippen LogP contribution < -0.4 is 4.74 Å². The summed E-state index contributed by atoms with van der Waals surface area (Å²) in [5, 5.41) is 0. The van der Waals surface area contributed by atoms with Gasteiger partial charge in [-0.05, 0) is 24.1 Å². The molecule has 2 rings (SSSR count). The zero-order valence-corrected chi connectivity index (χ0v) is 10.6. The number of alkyl halides is 3. The fraction of sp³-hybridized carbons (Fsp3) is 0.385. The second-order valence-electron chi connectivity index (χ2n) is 4.39. The van der Waals surface area contributed by atoms with Crippen molar-refractivity contribution >= 4 is 0 Å². The van der Waals surface area contributed by atoms with Crippen molar-refractivity contribution in [2.24, 2.45) is 0 Å². The Hall–Kier alpha value is -1.63. The fourth-order valence-electron chi connectivity index (χ4n) is 1.79. The number of methoxy groups -OCH3 is 1. The van der Waals surface area contributed by atoms with Gasteiger partial charge in [0.15, 0.2) is 0 Å². The molecule has 0 N–H and O–H groups in total. The van der Waals surface area contributed by atoms with Crippen LogP contribution in [0.5, 0.6) is 5.75 Å². The average Bonchev–Trinajstić information content (AvgIpc) is 2.44. The monoisotopic (exact) mass is 294 g/mol. The first kappa shape index (κ1) is 14.8. The molecule has 1 aliphatic rings. The van der Waals surface area contributed by atoms with Crippen molar-refractivity contribution in [3.63, 3.8) is 0 Å². The largest absolute Gasteiger partial charge is 0.496 e. The predicted molar refractivity (Wildman–Crippen MR) is 60.5 cm³/mol. The minimum absolute atomic E-state index is 0.292. The van der Waals surface area contributed by atoms with Crippen LogP contribution in [-0.4, -0.2) is 18.9 Å². The van der Waals surface area contributed by atoms with Crippen molar-refractivity contribution in [3.05, 3.63) is 41.0 Å². The summed E-state index contributed by atoms with van der Waals surface area (Å²) in [7, 11) is 1.40. The maximum atomic E-state index is 13.6. The van der Waals surface area contributed by atoms with E-state index in [9.17, 15) is 22.0 Å². The normalized spacial score (nSPS) is 24.6. The molecule has 1 aromatic rings. The molecule has 0 aromatic heterocycles. The fourth-order valence-corrected chi connectivity index (χ4v) is 1.79. The van der Waals surface area contributed by atoms with Crippen LogP contribution in [-0.2, 0) is 11.3 Å². The lowest BCUT2D eigenvalue weighted by atomic mass is 9.95. The second-order valence-corrected chi connectivity index (χ2v) is 4.39. The number of benzene rings is 1. The van der Waals surface area contributed by atoms with Gasteiger partial charge in [-0.2, -0.15) is 13.2 Å². The van der Waals surface area contributed by atoms with Crippen LogP contribution in [0.3, 0.4) is 0 Å². The molecule has 0 saturated heterocycles. The summed E-state index contributed by atoms with van der Waals surface area (Å²) in [5.41, 5.74) is 1.07. The lowest BCUT2D eigenvalue weighted by Crippen LogP contribution is -2.56. The van der Waals surface area contributed by atoms with Crippen molar-refractivity contribution in [1.82, 2.24) is 0 Å². The molecule has 1 unspecified atom stereocenters. The summed E-state index contributed by atoms with van der Waals surface area (Å²) in [5.74, 6) is -12.9. The number of hydrogen-bond donors (Lipinski definition) is 0. The topological polar surface area (TPSA) is 18.5 Å². The SMILES string of the molecule is COc1cc(COC2(F)C(F)=C(F)C2(F)F)ccc1C. The van der Waals surface area contributed by atoms with E-state index in [-0.39, 0.29) is 0 Å². The number of aryl methyl sites for hydroxylation is 1. The Balaban J connectivity index is 2.14. The van der Waals surface area contributed by atoms with Gasteiger partial charge in [-0.25, -0.2) is 8.78 Å². The standard InChI is InChI=1S/C13H11F5O2/c1-7-3-4-8(5-9(7)19-2)6-20-13(18)11(15)10(14)12(13,16)17/h3-5H,6H2,1-2H3. The molecule has 0 saturated carbocycles. The smallest absolute Gasteiger partial charge is 0.365 e. The lowest BCUT2D eigenvalue weighted by Gasteiger charge is -2.38. The van der Waals surface area contributed by atoms with Crippen LogP contribution in [0, 0.1) is 6.92 Å². The van der Waals surface area contributed by atoms with E-state index in [4.69, 9.17) is 4.74 Å². The van der Waals surface area contributed by atoms with Crippen LogP contribution >= 0.6 is 0 Å². The average molecular weight is 294 g/mol. The van der Waals surface area contributed by atoms with Gasteiger partial charge in [-0.1, -0.05) is 12.1 Å². The maximum absolute atomic E-state index is 13.6. The number of hydrogen-bond acceptors (Lipinski definition) is 2. The molecule has 0 heterocycles. The zero-order chi connectivity index (χ0) is 15.1. The van der Waals surface area contributed by atoms with Crippen molar-refractivity contribution in [3.8, 4) is 5.75 Å². The highest BCUT2D eigenvalue weighted by Gasteiger charge is 2.74. The number of ether oxygens (including phenoxy) is 2. The van der Waals surface area contributed by atoms with E-state index < -0.39 is 30.0 Å². The summed E-state index contributed by atoms with van der Waals surface area (Å²) >= 11 is 0. The van der Waals surface area contributed by atoms with E-state index in [0.29, 0.717) is 11.3 Å². The van der Waals surface area contributed by atoms with Gasteiger partial charge in [0, 0.05) is 0 Å². The van der Waals surface area contributed by atoms with Crippen molar-refractivity contribution in [2.45, 2.75) is 25.3 Å². The first-order valence-corrected chi connectivity index (χ1v) is 5.64. The summed E-state index contributed by atoms with van der Waals surface area (Å²) in [6, 6.07) is 4.53. The molecule has 1 aliphatic carbocycles. The van der Waals surface area contributed by atoms with Gasteiger partial charge in [0.2, 0.25) is 11.7 Å². The summed E-state index contributed by atoms with van der Waals surface area (Å²) in [6.07, 6.45) is 0. The summed E-state index contributed by atoms with van der Waals surface area (Å²) in [4.78, 5) is 0. The van der Waals surface area contributed by atoms with E-state index >= 15 is 0 Å². The van der Waals surface area contributed by atoms with E-state index in [1.807, 2.05) is 0 Å². The molecule has 7 heteroatoms. The zero-order valence-electron chi connectivity index (χ0n) is 10.6. The van der Waals surface area contributed by atoms with Gasteiger partial charge in [0.25, 0.3) is 0 Å². The number of rotatable bonds is 4. The molecule has 0 fully saturated rings. The quantitative estimate of drug-likeness (QED) is 0.782. The molecule has 20 heavy (non-hydrogen) atoms. The molecule has 0 aliphatic heterocycles. The third kappa shape index (κ3) is 1.96. The molecule has 0 radical (unpaired) electrons. The Bertz CT molecular complexity index is 570. The van der Waals surface area contributed by atoms with Crippen molar-refractivity contribution < 1.29 is 31.4 Å². The van der Waals surface area contributed by atoms with E-state index in [1.165, 1.54) is 19.2 Å². The second kappa shape index (κ2) is 4.73. The highest BCUT2D eigenvalue weighted by Crippen LogP contribution is 2.56. The Kier molecular flexibility index (Phi) is 3.49. The van der Waals surface area contributed by atoms with Gasteiger partial charge in [-0.3, -0.25) is 0 Å². The predicted octanol–water partition coefficient (Wildman–Crippen LogP) is 3.99. The Morgan fingerprint density at radius 1 is 1.10 bits per heavy atom. The molecule has 1 atom stereocenters. The molecular weight excluding hydrogens is 283 g/mol. The minimum Gasteiger partial charge on any atom is -0.496 e. The highest BCUT2D eigenvalue weighted by molar-refractivity contribution is 5.37. The molecule has 0 bridgehead atoms. The van der Waals surface area contributed by atoms with Crippen LogP contribution in [0.25, 0.3) is 0 Å². The Labute approximate surface area is 111 Å². The van der Waals surface area contributed by atoms with Crippen LogP contribution in [0.4, 0.5) is 22.0 Å². The van der Waals surface area contributed by atoms with Crippen LogP contribution in [0.2, 0.25) is 0 Å². The lowest BCUT2D eigenvalue weighted by molar-refractivity contribution is -0.288. The van der Waals surface area contributed by atoms with Crippen LogP contribution in [0.1, 0.15) is 11.1 Å². The first-order valence-electron chi connectivity index (χ1n) is 5.64. The summed E-state index contributed by atoms with van der Waals surface area (Å²) in [6.45, 7) is 1.10. The van der Waals surface area contributed by atoms with Gasteiger partial charge >= 0.3 is 11.8 Å². The Morgan fingerprint density at radius 2 is 1.75 bits per heavy atom. The molecule has 1 aromatic carbocycles. The van der Waals surface area contributed by atoms with Crippen molar-refractivity contribution in [1.29, 1.82) is 0 Å².